The molecular formula is C10H9FN2S. The van der Waals surface area contributed by atoms with Crippen molar-refractivity contribution in [3.05, 3.63) is 35.5 Å². The van der Waals surface area contributed by atoms with Gasteiger partial charge in [0.1, 0.15) is 5.82 Å². The molecule has 1 heterocycles. The van der Waals surface area contributed by atoms with E-state index in [4.69, 9.17) is 0 Å². The van der Waals surface area contributed by atoms with Gasteiger partial charge in [-0.2, -0.15) is 0 Å². The maximum atomic E-state index is 12.9. The van der Waals surface area contributed by atoms with Crippen LogP contribution in [0.2, 0.25) is 0 Å². The Morgan fingerprint density at radius 3 is 2.93 bits per heavy atom. The van der Waals surface area contributed by atoms with Crippen LogP contribution < -0.4 is 5.32 Å². The first-order valence-corrected chi connectivity index (χ1v) is 5.07. The third-order valence-corrected chi connectivity index (χ3v) is 2.70. The zero-order valence-electron chi connectivity index (χ0n) is 7.62. The molecule has 2 nitrogen and oxygen atoms in total. The summed E-state index contributed by atoms with van der Waals surface area (Å²) in [5.74, 6) is -0.235. The summed E-state index contributed by atoms with van der Waals surface area (Å²) in [6.07, 6.45) is 0. The van der Waals surface area contributed by atoms with Gasteiger partial charge in [0.2, 0.25) is 0 Å². The second-order valence-electron chi connectivity index (χ2n) is 2.80. The fourth-order valence-electron chi connectivity index (χ4n) is 1.17. The van der Waals surface area contributed by atoms with Crippen LogP contribution in [0.15, 0.2) is 29.6 Å². The zero-order valence-corrected chi connectivity index (χ0v) is 8.44. The summed E-state index contributed by atoms with van der Waals surface area (Å²) in [4.78, 5) is 4.28. The Hall–Kier alpha value is -1.42. The van der Waals surface area contributed by atoms with Crippen molar-refractivity contribution in [2.45, 2.75) is 0 Å². The predicted molar refractivity (Wildman–Crippen MR) is 57.1 cm³/mol. The summed E-state index contributed by atoms with van der Waals surface area (Å²) < 4.78 is 12.9. The van der Waals surface area contributed by atoms with Crippen molar-refractivity contribution >= 4 is 16.5 Å². The summed E-state index contributed by atoms with van der Waals surface area (Å²) in [5.41, 5.74) is 1.61. The second kappa shape index (κ2) is 3.75. The van der Waals surface area contributed by atoms with Crippen molar-refractivity contribution in [3.8, 4) is 11.3 Å². The van der Waals surface area contributed by atoms with Gasteiger partial charge < -0.3 is 5.32 Å². The molecule has 0 aliphatic rings. The first-order chi connectivity index (χ1) is 6.79. The van der Waals surface area contributed by atoms with Crippen molar-refractivity contribution in [1.82, 2.24) is 4.98 Å². The normalized spacial score (nSPS) is 10.1. The lowest BCUT2D eigenvalue weighted by atomic mass is 10.2. The largest absolute Gasteiger partial charge is 0.365 e. The molecule has 0 fully saturated rings. The number of hydrogen-bond acceptors (Lipinski definition) is 3. The zero-order chi connectivity index (χ0) is 9.97. The van der Waals surface area contributed by atoms with Gasteiger partial charge in [-0.15, -0.1) is 11.3 Å². The van der Waals surface area contributed by atoms with Crippen molar-refractivity contribution in [2.24, 2.45) is 0 Å². The van der Waals surface area contributed by atoms with Crippen molar-refractivity contribution in [1.29, 1.82) is 0 Å². The lowest BCUT2D eigenvalue weighted by molar-refractivity contribution is 0.628. The van der Waals surface area contributed by atoms with Crippen LogP contribution in [0, 0.1) is 5.82 Å². The summed E-state index contributed by atoms with van der Waals surface area (Å²) in [5, 5.41) is 5.69. The monoisotopic (exact) mass is 208 g/mol. The van der Waals surface area contributed by atoms with Crippen molar-refractivity contribution in [2.75, 3.05) is 12.4 Å². The third kappa shape index (κ3) is 1.75. The molecule has 1 N–H and O–H groups in total. The summed E-state index contributed by atoms with van der Waals surface area (Å²) in [6, 6.07) is 6.43. The molecule has 0 saturated heterocycles. The van der Waals surface area contributed by atoms with E-state index in [-0.39, 0.29) is 5.82 Å². The number of aromatic nitrogens is 1. The molecule has 0 aliphatic carbocycles. The van der Waals surface area contributed by atoms with E-state index >= 15 is 0 Å². The molecule has 0 aliphatic heterocycles. The number of nitrogens with one attached hydrogen (secondary N) is 1. The Morgan fingerprint density at radius 1 is 1.43 bits per heavy atom. The highest BCUT2D eigenvalue weighted by Gasteiger charge is 2.03. The molecule has 0 amide bonds. The number of halogens is 1. The highest BCUT2D eigenvalue weighted by Crippen LogP contribution is 2.24. The first kappa shape index (κ1) is 9.15. The van der Waals surface area contributed by atoms with Crippen LogP contribution in [0.3, 0.4) is 0 Å². The smallest absolute Gasteiger partial charge is 0.182 e. The van der Waals surface area contributed by atoms with Crippen LogP contribution in [0.4, 0.5) is 9.52 Å². The number of hydrogen-bond donors (Lipinski definition) is 1. The summed E-state index contributed by atoms with van der Waals surface area (Å²) >= 11 is 1.51. The lowest BCUT2D eigenvalue weighted by Crippen LogP contribution is -1.86. The van der Waals surface area contributed by atoms with E-state index in [1.165, 1.54) is 23.5 Å². The Morgan fingerprint density at radius 2 is 2.29 bits per heavy atom. The molecule has 72 valence electrons. The highest BCUT2D eigenvalue weighted by atomic mass is 32.1. The topological polar surface area (TPSA) is 24.9 Å². The Bertz CT molecular complexity index is 439. The first-order valence-electron chi connectivity index (χ1n) is 4.19. The van der Waals surface area contributed by atoms with Gasteiger partial charge >= 0.3 is 0 Å². The fraction of sp³-hybridized carbons (Fsp3) is 0.100. The number of rotatable bonds is 2. The molecule has 0 spiro atoms. The number of nitrogens with zero attached hydrogens (tertiary/aromatic N) is 1. The maximum Gasteiger partial charge on any atom is 0.182 e. The average Bonchev–Trinajstić information content (AvgIpc) is 2.66. The van der Waals surface area contributed by atoms with E-state index in [1.807, 2.05) is 18.5 Å². The second-order valence-corrected chi connectivity index (χ2v) is 3.66. The van der Waals surface area contributed by atoms with Gasteiger partial charge in [-0.25, -0.2) is 9.37 Å². The quantitative estimate of drug-likeness (QED) is 0.820. The van der Waals surface area contributed by atoms with Crippen LogP contribution in [-0.2, 0) is 0 Å². The molecule has 1 aromatic heterocycles. The van der Waals surface area contributed by atoms with Crippen molar-refractivity contribution in [3.63, 3.8) is 0 Å². The predicted octanol–water partition coefficient (Wildman–Crippen LogP) is 2.99. The standard InChI is InChI=1S/C10H9FN2S/c1-12-10-13-9(6-14-10)7-3-2-4-8(11)5-7/h2-6H,1H3,(H,12,13). The molecule has 2 aromatic rings. The van der Waals surface area contributed by atoms with Crippen LogP contribution in [0.5, 0.6) is 0 Å². The minimum atomic E-state index is -0.235. The third-order valence-electron chi connectivity index (χ3n) is 1.84. The minimum Gasteiger partial charge on any atom is -0.365 e. The van der Waals surface area contributed by atoms with E-state index in [0.717, 1.165) is 16.4 Å². The molecule has 0 atom stereocenters. The molecule has 2 rings (SSSR count). The maximum absolute atomic E-state index is 12.9. The highest BCUT2D eigenvalue weighted by molar-refractivity contribution is 7.14. The Balaban J connectivity index is 2.39. The number of anilines is 1. The van der Waals surface area contributed by atoms with Gasteiger partial charge in [-0.05, 0) is 12.1 Å². The van der Waals surface area contributed by atoms with Crippen LogP contribution in [0.1, 0.15) is 0 Å². The van der Waals surface area contributed by atoms with Crippen LogP contribution >= 0.6 is 11.3 Å². The van der Waals surface area contributed by atoms with Gasteiger partial charge in [0.25, 0.3) is 0 Å². The molecule has 14 heavy (non-hydrogen) atoms. The molecule has 0 unspecified atom stereocenters. The average molecular weight is 208 g/mol. The molecule has 0 saturated carbocycles. The summed E-state index contributed by atoms with van der Waals surface area (Å²) in [7, 11) is 1.81. The lowest BCUT2D eigenvalue weighted by Gasteiger charge is -1.95. The minimum absolute atomic E-state index is 0.235. The van der Waals surface area contributed by atoms with E-state index in [0.29, 0.717) is 0 Å². The molecule has 1 aromatic carbocycles. The van der Waals surface area contributed by atoms with Crippen molar-refractivity contribution < 1.29 is 4.39 Å². The van der Waals surface area contributed by atoms with E-state index in [2.05, 4.69) is 10.3 Å². The van der Waals surface area contributed by atoms with E-state index < -0.39 is 0 Å². The van der Waals surface area contributed by atoms with Crippen LogP contribution in [0.25, 0.3) is 11.3 Å². The van der Waals surface area contributed by atoms with Crippen LogP contribution in [-0.4, -0.2) is 12.0 Å². The fourth-order valence-corrected chi connectivity index (χ4v) is 1.85. The number of thiazole rings is 1. The molecular weight excluding hydrogens is 199 g/mol. The van der Waals surface area contributed by atoms with Gasteiger partial charge in [0.15, 0.2) is 5.13 Å². The van der Waals surface area contributed by atoms with Gasteiger partial charge in [-0.3, -0.25) is 0 Å². The Labute approximate surface area is 85.4 Å². The SMILES string of the molecule is CNc1nc(-c2cccc(F)c2)cs1. The van der Waals surface area contributed by atoms with Gasteiger partial charge in [0, 0.05) is 18.0 Å². The van der Waals surface area contributed by atoms with Gasteiger partial charge in [-0.1, -0.05) is 12.1 Å². The molecule has 0 bridgehead atoms. The molecule has 0 radical (unpaired) electrons. The molecule has 4 heteroatoms. The Kier molecular flexibility index (Phi) is 2.45. The van der Waals surface area contributed by atoms with E-state index in [1.54, 1.807) is 6.07 Å². The summed E-state index contributed by atoms with van der Waals surface area (Å²) in [6.45, 7) is 0. The number of benzene rings is 1. The van der Waals surface area contributed by atoms with Gasteiger partial charge in [0.05, 0.1) is 5.69 Å². The van der Waals surface area contributed by atoms with E-state index in [9.17, 15) is 4.39 Å².